The van der Waals surface area contributed by atoms with E-state index in [1.54, 1.807) is 20.4 Å². The SMILES string of the molecule is CN=C(NCCOC)NCc1ccc(-n2ccnc2C)nc1.I. The molecule has 0 aliphatic carbocycles. The van der Waals surface area contributed by atoms with Gasteiger partial charge in [0.15, 0.2) is 5.96 Å². The molecule has 0 fully saturated rings. The summed E-state index contributed by atoms with van der Waals surface area (Å²) in [6, 6.07) is 4.02. The first-order valence-electron chi connectivity index (χ1n) is 7.13. The topological polar surface area (TPSA) is 76.4 Å². The fraction of sp³-hybridized carbons (Fsp3) is 0.400. The number of nitrogens with zero attached hydrogens (tertiary/aromatic N) is 4. The van der Waals surface area contributed by atoms with Crippen LogP contribution in [0.5, 0.6) is 0 Å². The molecule has 0 spiro atoms. The van der Waals surface area contributed by atoms with Crippen molar-refractivity contribution in [1.82, 2.24) is 25.2 Å². The van der Waals surface area contributed by atoms with Crippen LogP contribution in [0.4, 0.5) is 0 Å². The van der Waals surface area contributed by atoms with E-state index in [1.807, 2.05) is 36.0 Å². The Morgan fingerprint density at radius 1 is 1.30 bits per heavy atom. The number of aryl methyl sites for hydroxylation is 1. The van der Waals surface area contributed by atoms with Gasteiger partial charge in [-0.15, -0.1) is 24.0 Å². The summed E-state index contributed by atoms with van der Waals surface area (Å²) in [5, 5.41) is 6.40. The Balaban J connectivity index is 0.00000264. The first-order chi connectivity index (χ1) is 10.7. The van der Waals surface area contributed by atoms with Gasteiger partial charge in [0.1, 0.15) is 11.6 Å². The monoisotopic (exact) mass is 430 g/mol. The van der Waals surface area contributed by atoms with Gasteiger partial charge in [-0.1, -0.05) is 6.07 Å². The second-order valence-electron chi connectivity index (χ2n) is 4.71. The number of hydrogen-bond acceptors (Lipinski definition) is 4. The van der Waals surface area contributed by atoms with E-state index in [0.717, 1.165) is 23.2 Å². The van der Waals surface area contributed by atoms with Crippen LogP contribution in [0.15, 0.2) is 35.7 Å². The number of pyridine rings is 1. The highest BCUT2D eigenvalue weighted by Crippen LogP contribution is 2.08. The van der Waals surface area contributed by atoms with Gasteiger partial charge in [0, 0.05) is 45.8 Å². The minimum atomic E-state index is 0. The Morgan fingerprint density at radius 2 is 2.13 bits per heavy atom. The minimum absolute atomic E-state index is 0. The molecule has 2 N–H and O–H groups in total. The lowest BCUT2D eigenvalue weighted by atomic mass is 10.3. The number of imidazole rings is 1. The highest BCUT2D eigenvalue weighted by atomic mass is 127. The van der Waals surface area contributed by atoms with Crippen LogP contribution in [-0.4, -0.2) is 47.8 Å². The van der Waals surface area contributed by atoms with Crippen LogP contribution >= 0.6 is 24.0 Å². The molecule has 0 aromatic carbocycles. The Bertz CT molecular complexity index is 611. The molecule has 2 heterocycles. The van der Waals surface area contributed by atoms with Gasteiger partial charge >= 0.3 is 0 Å². The minimum Gasteiger partial charge on any atom is -0.383 e. The van der Waals surface area contributed by atoms with Crippen LogP contribution in [0.25, 0.3) is 5.82 Å². The zero-order valence-corrected chi connectivity index (χ0v) is 15.9. The number of rotatable bonds is 6. The first kappa shape index (κ1) is 19.4. The van der Waals surface area contributed by atoms with E-state index in [4.69, 9.17) is 4.74 Å². The van der Waals surface area contributed by atoms with Crippen molar-refractivity contribution >= 4 is 29.9 Å². The third-order valence-corrected chi connectivity index (χ3v) is 3.16. The maximum absolute atomic E-state index is 4.99. The van der Waals surface area contributed by atoms with Crippen LogP contribution in [0.1, 0.15) is 11.4 Å². The van der Waals surface area contributed by atoms with Gasteiger partial charge in [0.05, 0.1) is 6.61 Å². The predicted molar refractivity (Wildman–Crippen MR) is 102 cm³/mol. The highest BCUT2D eigenvalue weighted by molar-refractivity contribution is 14.0. The zero-order chi connectivity index (χ0) is 15.8. The molecular weight excluding hydrogens is 407 g/mol. The van der Waals surface area contributed by atoms with E-state index in [9.17, 15) is 0 Å². The summed E-state index contributed by atoms with van der Waals surface area (Å²) in [6.45, 7) is 3.96. The van der Waals surface area contributed by atoms with Gasteiger partial charge in [0.2, 0.25) is 0 Å². The Kier molecular flexibility index (Phi) is 8.56. The Labute approximate surface area is 153 Å². The number of guanidine groups is 1. The Hall–Kier alpha value is -1.68. The summed E-state index contributed by atoms with van der Waals surface area (Å²) in [6.07, 6.45) is 5.52. The first-order valence-corrected chi connectivity index (χ1v) is 7.13. The van der Waals surface area contributed by atoms with Gasteiger partial charge in [-0.3, -0.25) is 9.56 Å². The summed E-state index contributed by atoms with van der Waals surface area (Å²) in [4.78, 5) is 12.8. The molecule has 0 saturated heterocycles. The number of aromatic nitrogens is 3. The third-order valence-electron chi connectivity index (χ3n) is 3.16. The molecule has 0 aliphatic heterocycles. The molecule has 2 rings (SSSR count). The molecule has 0 aliphatic rings. The fourth-order valence-electron chi connectivity index (χ4n) is 1.96. The van der Waals surface area contributed by atoms with Crippen LogP contribution < -0.4 is 10.6 Å². The van der Waals surface area contributed by atoms with Crippen LogP contribution in [-0.2, 0) is 11.3 Å². The van der Waals surface area contributed by atoms with Crippen molar-refractivity contribution in [3.63, 3.8) is 0 Å². The molecule has 0 saturated carbocycles. The van der Waals surface area contributed by atoms with Gasteiger partial charge in [-0.25, -0.2) is 9.97 Å². The molecule has 2 aromatic heterocycles. The number of aliphatic imine (C=N–C) groups is 1. The zero-order valence-electron chi connectivity index (χ0n) is 13.6. The molecule has 8 heteroatoms. The summed E-state index contributed by atoms with van der Waals surface area (Å²) in [5.41, 5.74) is 1.08. The number of hydrogen-bond donors (Lipinski definition) is 2. The summed E-state index contributed by atoms with van der Waals surface area (Å²) in [7, 11) is 3.42. The van der Waals surface area contributed by atoms with E-state index in [2.05, 4.69) is 25.6 Å². The van der Waals surface area contributed by atoms with E-state index >= 15 is 0 Å². The largest absolute Gasteiger partial charge is 0.383 e. The van der Waals surface area contributed by atoms with E-state index in [1.165, 1.54) is 0 Å². The van der Waals surface area contributed by atoms with Crippen molar-refractivity contribution in [2.24, 2.45) is 4.99 Å². The van der Waals surface area contributed by atoms with Crippen LogP contribution in [0, 0.1) is 6.92 Å². The van der Waals surface area contributed by atoms with Crippen LogP contribution in [0.3, 0.4) is 0 Å². The van der Waals surface area contributed by atoms with E-state index in [-0.39, 0.29) is 24.0 Å². The molecule has 0 atom stereocenters. The van der Waals surface area contributed by atoms with E-state index in [0.29, 0.717) is 19.7 Å². The number of nitrogens with one attached hydrogen (secondary N) is 2. The molecule has 0 bridgehead atoms. The smallest absolute Gasteiger partial charge is 0.191 e. The maximum Gasteiger partial charge on any atom is 0.191 e. The summed E-state index contributed by atoms with van der Waals surface area (Å²) < 4.78 is 6.94. The van der Waals surface area contributed by atoms with Gasteiger partial charge < -0.3 is 15.4 Å². The molecule has 0 amide bonds. The average molecular weight is 430 g/mol. The normalized spacial score (nSPS) is 11.0. The molecule has 2 aromatic rings. The molecule has 126 valence electrons. The van der Waals surface area contributed by atoms with Crippen molar-refractivity contribution in [2.45, 2.75) is 13.5 Å². The van der Waals surface area contributed by atoms with Gasteiger partial charge in [0.25, 0.3) is 0 Å². The predicted octanol–water partition coefficient (Wildman–Crippen LogP) is 1.51. The second kappa shape index (κ2) is 10.2. The highest BCUT2D eigenvalue weighted by Gasteiger charge is 2.02. The standard InChI is InChI=1S/C15H22N6O.HI/c1-12-17-6-8-21(12)14-5-4-13(10-19-14)11-20-15(16-2)18-7-9-22-3;/h4-6,8,10H,7,9,11H2,1-3H3,(H2,16,18,20);1H. The maximum atomic E-state index is 4.99. The number of methoxy groups -OCH3 is 1. The van der Waals surface area contributed by atoms with Crippen molar-refractivity contribution in [3.8, 4) is 5.82 Å². The average Bonchev–Trinajstić information content (AvgIpc) is 2.97. The molecular formula is C15H23IN6O. The van der Waals surface area contributed by atoms with Crippen molar-refractivity contribution < 1.29 is 4.74 Å². The summed E-state index contributed by atoms with van der Waals surface area (Å²) >= 11 is 0. The lowest BCUT2D eigenvalue weighted by Crippen LogP contribution is -2.38. The molecule has 0 radical (unpaired) electrons. The van der Waals surface area contributed by atoms with Crippen molar-refractivity contribution in [1.29, 1.82) is 0 Å². The van der Waals surface area contributed by atoms with Crippen molar-refractivity contribution in [3.05, 3.63) is 42.1 Å². The second-order valence-corrected chi connectivity index (χ2v) is 4.71. The van der Waals surface area contributed by atoms with Gasteiger partial charge in [-0.05, 0) is 18.6 Å². The van der Waals surface area contributed by atoms with Crippen LogP contribution in [0.2, 0.25) is 0 Å². The van der Waals surface area contributed by atoms with Crippen molar-refractivity contribution in [2.75, 3.05) is 27.3 Å². The quantitative estimate of drug-likeness (QED) is 0.315. The number of halogens is 1. The molecule has 23 heavy (non-hydrogen) atoms. The lowest BCUT2D eigenvalue weighted by molar-refractivity contribution is 0.203. The lowest BCUT2D eigenvalue weighted by Gasteiger charge is -2.11. The molecule has 7 nitrogen and oxygen atoms in total. The third kappa shape index (κ3) is 5.79. The van der Waals surface area contributed by atoms with E-state index < -0.39 is 0 Å². The molecule has 0 unspecified atom stereocenters. The fourth-order valence-corrected chi connectivity index (χ4v) is 1.96. The summed E-state index contributed by atoms with van der Waals surface area (Å²) in [5.74, 6) is 2.52. The number of ether oxygens (including phenoxy) is 1. The Morgan fingerprint density at radius 3 is 2.70 bits per heavy atom. The van der Waals surface area contributed by atoms with Gasteiger partial charge in [-0.2, -0.15) is 0 Å².